The molecule has 0 saturated carbocycles. The summed E-state index contributed by atoms with van der Waals surface area (Å²) in [6.45, 7) is 0.506. The van der Waals surface area contributed by atoms with Crippen molar-refractivity contribution >= 4 is 27.8 Å². The molecule has 1 aromatic heterocycles. The first kappa shape index (κ1) is 11.2. The second kappa shape index (κ2) is 4.29. The van der Waals surface area contributed by atoms with Gasteiger partial charge in [0.1, 0.15) is 11.7 Å². The number of halogens is 1. The van der Waals surface area contributed by atoms with Gasteiger partial charge in [0.15, 0.2) is 0 Å². The molecule has 0 aliphatic carbocycles. The second-order valence-corrected chi connectivity index (χ2v) is 4.64. The van der Waals surface area contributed by atoms with E-state index in [0.717, 1.165) is 10.9 Å². The summed E-state index contributed by atoms with van der Waals surface area (Å²) in [5.41, 5.74) is 0.417. The maximum atomic E-state index is 12.0. The van der Waals surface area contributed by atoms with Crippen molar-refractivity contribution < 1.29 is 14.7 Å². The van der Waals surface area contributed by atoms with Crippen molar-refractivity contribution in [3.63, 3.8) is 0 Å². The third kappa shape index (κ3) is 1.97. The number of aliphatic carboxylic acids is 1. The van der Waals surface area contributed by atoms with Crippen molar-refractivity contribution in [2.45, 2.75) is 18.9 Å². The lowest BCUT2D eigenvalue weighted by molar-refractivity contribution is -0.141. The summed E-state index contributed by atoms with van der Waals surface area (Å²) in [6.07, 6.45) is 2.92. The molecule has 1 aliphatic rings. The summed E-state index contributed by atoms with van der Waals surface area (Å²) in [5.74, 6) is -1.19. The molecule has 1 aromatic rings. The minimum atomic E-state index is -0.934. The molecular formula is C10H11BrN2O3. The van der Waals surface area contributed by atoms with E-state index in [0.29, 0.717) is 18.7 Å². The predicted molar refractivity (Wildman–Crippen MR) is 60.2 cm³/mol. The molecule has 0 aromatic carbocycles. The van der Waals surface area contributed by atoms with Crippen LogP contribution in [0.5, 0.6) is 0 Å². The van der Waals surface area contributed by atoms with Crippen LogP contribution in [-0.2, 0) is 4.79 Å². The highest BCUT2D eigenvalue weighted by atomic mass is 79.9. The van der Waals surface area contributed by atoms with Crippen molar-refractivity contribution in [3.8, 4) is 0 Å². The maximum absolute atomic E-state index is 12.0. The number of nitrogens with one attached hydrogen (secondary N) is 1. The number of amides is 1. The largest absolute Gasteiger partial charge is 0.480 e. The number of nitrogens with zero attached hydrogens (tertiary/aromatic N) is 1. The Morgan fingerprint density at radius 2 is 2.31 bits per heavy atom. The van der Waals surface area contributed by atoms with Crippen molar-refractivity contribution in [1.82, 2.24) is 9.88 Å². The van der Waals surface area contributed by atoms with Crippen LogP contribution in [0.15, 0.2) is 16.7 Å². The third-order valence-electron chi connectivity index (χ3n) is 2.68. The fourth-order valence-electron chi connectivity index (χ4n) is 1.91. The average Bonchev–Trinajstić information content (AvgIpc) is 2.84. The van der Waals surface area contributed by atoms with Crippen LogP contribution in [0.3, 0.4) is 0 Å². The number of aromatic nitrogens is 1. The van der Waals surface area contributed by atoms with Gasteiger partial charge in [-0.1, -0.05) is 0 Å². The summed E-state index contributed by atoms with van der Waals surface area (Å²) in [6, 6.07) is 0.967. The van der Waals surface area contributed by atoms with Gasteiger partial charge in [-0.2, -0.15) is 0 Å². The Bertz CT molecular complexity index is 429. The Hall–Kier alpha value is -1.30. The van der Waals surface area contributed by atoms with Crippen molar-refractivity contribution in [2.24, 2.45) is 0 Å². The topological polar surface area (TPSA) is 73.4 Å². The van der Waals surface area contributed by atoms with E-state index >= 15 is 0 Å². The zero-order valence-corrected chi connectivity index (χ0v) is 10.0. The Labute approximate surface area is 101 Å². The molecule has 1 amide bonds. The molecule has 5 nitrogen and oxygen atoms in total. The number of hydrogen-bond acceptors (Lipinski definition) is 2. The molecule has 0 spiro atoms. The number of likely N-dealkylation sites (tertiary alicyclic amines) is 1. The fraction of sp³-hybridized carbons (Fsp3) is 0.400. The van der Waals surface area contributed by atoms with Gasteiger partial charge in [0, 0.05) is 17.2 Å². The molecule has 16 heavy (non-hydrogen) atoms. The first-order valence-electron chi connectivity index (χ1n) is 4.97. The number of aromatic amines is 1. The van der Waals surface area contributed by atoms with Gasteiger partial charge in [0.25, 0.3) is 5.91 Å². The molecule has 86 valence electrons. The standard InChI is InChI=1S/C10H11BrN2O3/c11-6-4-7(12-5-6)9(14)13-3-1-2-8(13)10(15)16/h4-5,8,12H,1-3H2,(H,15,16)/t8-/m1/s1. The predicted octanol–water partition coefficient (Wildman–Crippen LogP) is 1.47. The first-order valence-corrected chi connectivity index (χ1v) is 5.76. The van der Waals surface area contributed by atoms with Crippen LogP contribution in [-0.4, -0.2) is 39.5 Å². The number of carboxylic acid groups (broad SMARTS) is 1. The number of H-pyrrole nitrogens is 1. The number of carbonyl (C=O) groups excluding carboxylic acids is 1. The molecular weight excluding hydrogens is 276 g/mol. The maximum Gasteiger partial charge on any atom is 0.326 e. The van der Waals surface area contributed by atoms with Crippen LogP contribution in [0, 0.1) is 0 Å². The zero-order chi connectivity index (χ0) is 11.7. The molecule has 2 heterocycles. The van der Waals surface area contributed by atoms with E-state index in [1.165, 1.54) is 4.90 Å². The third-order valence-corrected chi connectivity index (χ3v) is 3.13. The summed E-state index contributed by atoms with van der Waals surface area (Å²) >= 11 is 3.23. The lowest BCUT2D eigenvalue weighted by Gasteiger charge is -2.20. The van der Waals surface area contributed by atoms with Gasteiger partial charge in [-0.05, 0) is 34.8 Å². The Morgan fingerprint density at radius 1 is 1.56 bits per heavy atom. The Kier molecular flexibility index (Phi) is 3.00. The van der Waals surface area contributed by atoms with E-state index in [4.69, 9.17) is 5.11 Å². The van der Waals surface area contributed by atoms with Gasteiger partial charge in [-0.25, -0.2) is 4.79 Å². The molecule has 2 N–H and O–H groups in total. The molecule has 2 rings (SSSR count). The van der Waals surface area contributed by atoms with Crippen LogP contribution < -0.4 is 0 Å². The summed E-state index contributed by atoms with van der Waals surface area (Å²) < 4.78 is 0.780. The monoisotopic (exact) mass is 286 g/mol. The minimum absolute atomic E-state index is 0.254. The minimum Gasteiger partial charge on any atom is -0.480 e. The van der Waals surface area contributed by atoms with Crippen molar-refractivity contribution in [1.29, 1.82) is 0 Å². The van der Waals surface area contributed by atoms with Gasteiger partial charge in [-0.15, -0.1) is 0 Å². The van der Waals surface area contributed by atoms with Crippen LogP contribution in [0.4, 0.5) is 0 Å². The smallest absolute Gasteiger partial charge is 0.326 e. The second-order valence-electron chi connectivity index (χ2n) is 3.73. The zero-order valence-electron chi connectivity index (χ0n) is 8.44. The van der Waals surface area contributed by atoms with E-state index in [1.807, 2.05) is 0 Å². The average molecular weight is 287 g/mol. The van der Waals surface area contributed by atoms with Crippen LogP contribution in [0.1, 0.15) is 23.3 Å². The van der Waals surface area contributed by atoms with E-state index < -0.39 is 12.0 Å². The van der Waals surface area contributed by atoms with E-state index in [1.54, 1.807) is 12.3 Å². The molecule has 0 radical (unpaired) electrons. The Balaban J connectivity index is 2.18. The van der Waals surface area contributed by atoms with Gasteiger partial charge in [0.2, 0.25) is 0 Å². The fourth-order valence-corrected chi connectivity index (χ4v) is 2.26. The Morgan fingerprint density at radius 3 is 2.88 bits per heavy atom. The summed E-state index contributed by atoms with van der Waals surface area (Å²) in [4.78, 5) is 27.1. The van der Waals surface area contributed by atoms with Crippen LogP contribution >= 0.6 is 15.9 Å². The van der Waals surface area contributed by atoms with Crippen molar-refractivity contribution in [2.75, 3.05) is 6.54 Å². The lowest BCUT2D eigenvalue weighted by atomic mass is 10.2. The highest BCUT2D eigenvalue weighted by Crippen LogP contribution is 2.21. The molecule has 0 bridgehead atoms. The van der Waals surface area contributed by atoms with Crippen molar-refractivity contribution in [3.05, 3.63) is 22.4 Å². The SMILES string of the molecule is O=C(O)[C@H]1CCCN1C(=O)c1cc(Br)c[nH]1. The summed E-state index contributed by atoms with van der Waals surface area (Å²) in [7, 11) is 0. The molecule has 1 aliphatic heterocycles. The molecule has 0 unspecified atom stereocenters. The molecule has 6 heteroatoms. The number of carboxylic acids is 1. The normalized spacial score (nSPS) is 20.1. The van der Waals surface area contributed by atoms with E-state index in [-0.39, 0.29) is 5.91 Å². The first-order chi connectivity index (χ1) is 7.59. The van der Waals surface area contributed by atoms with Gasteiger partial charge in [0.05, 0.1) is 0 Å². The lowest BCUT2D eigenvalue weighted by Crippen LogP contribution is -2.40. The number of rotatable bonds is 2. The number of carbonyl (C=O) groups is 2. The highest BCUT2D eigenvalue weighted by Gasteiger charge is 2.34. The molecule has 1 fully saturated rings. The van der Waals surface area contributed by atoms with E-state index in [2.05, 4.69) is 20.9 Å². The molecule has 1 atom stereocenters. The van der Waals surface area contributed by atoms with E-state index in [9.17, 15) is 9.59 Å². The summed E-state index contributed by atoms with van der Waals surface area (Å²) in [5, 5.41) is 8.97. The highest BCUT2D eigenvalue weighted by molar-refractivity contribution is 9.10. The quantitative estimate of drug-likeness (QED) is 0.865. The molecule has 1 saturated heterocycles. The van der Waals surface area contributed by atoms with Gasteiger partial charge in [-0.3, -0.25) is 4.79 Å². The van der Waals surface area contributed by atoms with Gasteiger partial charge >= 0.3 is 5.97 Å². The van der Waals surface area contributed by atoms with Crippen LogP contribution in [0.2, 0.25) is 0 Å². The van der Waals surface area contributed by atoms with Crippen LogP contribution in [0.25, 0.3) is 0 Å². The number of hydrogen-bond donors (Lipinski definition) is 2. The van der Waals surface area contributed by atoms with Gasteiger partial charge < -0.3 is 15.0 Å².